The number of aliphatic hydroxyl groups is 1. The minimum atomic E-state index is 0.121. The smallest absolute Gasteiger partial charge is 0.231 e. The van der Waals surface area contributed by atoms with Gasteiger partial charge >= 0.3 is 0 Å². The molecule has 1 heterocycles. The lowest BCUT2D eigenvalue weighted by atomic mass is 10.3. The SMILES string of the molecule is OCCCOc1c[c]cc2c1OCO2. The molecule has 0 aromatic heterocycles. The van der Waals surface area contributed by atoms with E-state index in [1.807, 2.05) is 0 Å². The lowest BCUT2D eigenvalue weighted by molar-refractivity contribution is 0.168. The van der Waals surface area contributed by atoms with E-state index in [4.69, 9.17) is 19.3 Å². The van der Waals surface area contributed by atoms with Gasteiger partial charge < -0.3 is 19.3 Å². The summed E-state index contributed by atoms with van der Waals surface area (Å²) in [6.45, 7) is 0.809. The Kier molecular flexibility index (Phi) is 2.74. The summed E-state index contributed by atoms with van der Waals surface area (Å²) in [6.07, 6.45) is 0.602. The Labute approximate surface area is 82.0 Å². The van der Waals surface area contributed by atoms with Crippen molar-refractivity contribution in [3.05, 3.63) is 18.2 Å². The Morgan fingerprint density at radius 2 is 2.36 bits per heavy atom. The zero-order valence-electron chi connectivity index (χ0n) is 7.66. The molecule has 0 atom stereocenters. The van der Waals surface area contributed by atoms with E-state index in [9.17, 15) is 0 Å². The largest absolute Gasteiger partial charge is 0.489 e. The Morgan fingerprint density at radius 3 is 3.21 bits per heavy atom. The van der Waals surface area contributed by atoms with Crippen molar-refractivity contribution in [2.75, 3.05) is 20.0 Å². The predicted molar refractivity (Wildman–Crippen MR) is 48.6 cm³/mol. The minimum Gasteiger partial charge on any atom is -0.489 e. The molecular weight excluding hydrogens is 184 g/mol. The number of hydrogen-bond donors (Lipinski definition) is 1. The van der Waals surface area contributed by atoms with Crippen molar-refractivity contribution in [2.45, 2.75) is 6.42 Å². The fraction of sp³-hybridized carbons (Fsp3) is 0.400. The van der Waals surface area contributed by atoms with Crippen LogP contribution < -0.4 is 14.2 Å². The van der Waals surface area contributed by atoms with Crippen molar-refractivity contribution in [3.63, 3.8) is 0 Å². The molecule has 1 aliphatic heterocycles. The molecule has 0 fully saturated rings. The highest BCUT2D eigenvalue weighted by Gasteiger charge is 2.17. The molecule has 1 aromatic rings. The van der Waals surface area contributed by atoms with Crippen molar-refractivity contribution in [2.24, 2.45) is 0 Å². The van der Waals surface area contributed by atoms with E-state index in [1.165, 1.54) is 0 Å². The van der Waals surface area contributed by atoms with E-state index in [1.54, 1.807) is 12.1 Å². The molecule has 1 aliphatic rings. The molecule has 0 saturated carbocycles. The standard InChI is InChI=1S/C10H11O4/c11-5-2-6-12-8-3-1-4-9-10(8)14-7-13-9/h3-4,11H,2,5-7H2. The molecule has 2 rings (SSSR count). The number of benzene rings is 1. The summed E-state index contributed by atoms with van der Waals surface area (Å²) in [5.41, 5.74) is 0. The fourth-order valence-corrected chi connectivity index (χ4v) is 1.20. The van der Waals surface area contributed by atoms with Crippen LogP contribution in [0.4, 0.5) is 0 Å². The van der Waals surface area contributed by atoms with Crippen LogP contribution in [0, 0.1) is 6.07 Å². The van der Waals surface area contributed by atoms with Gasteiger partial charge in [-0.3, -0.25) is 0 Å². The van der Waals surface area contributed by atoms with Crippen LogP contribution in [0.25, 0.3) is 0 Å². The second kappa shape index (κ2) is 4.19. The average molecular weight is 195 g/mol. The van der Waals surface area contributed by atoms with Gasteiger partial charge in [0.05, 0.1) is 6.61 Å². The second-order valence-corrected chi connectivity index (χ2v) is 2.85. The van der Waals surface area contributed by atoms with Gasteiger partial charge in [0.15, 0.2) is 11.5 Å². The van der Waals surface area contributed by atoms with Crippen LogP contribution in [-0.4, -0.2) is 25.1 Å². The van der Waals surface area contributed by atoms with Crippen LogP contribution in [-0.2, 0) is 0 Å². The van der Waals surface area contributed by atoms with E-state index in [-0.39, 0.29) is 13.4 Å². The Morgan fingerprint density at radius 1 is 1.43 bits per heavy atom. The third kappa shape index (κ3) is 1.75. The molecule has 75 valence electrons. The van der Waals surface area contributed by atoms with Gasteiger partial charge in [0, 0.05) is 13.0 Å². The predicted octanol–water partition coefficient (Wildman–Crippen LogP) is 0.977. The first kappa shape index (κ1) is 9.15. The van der Waals surface area contributed by atoms with Crippen molar-refractivity contribution in [1.82, 2.24) is 0 Å². The summed E-state index contributed by atoms with van der Waals surface area (Å²) in [5.74, 6) is 1.90. The molecule has 0 aliphatic carbocycles. The zero-order valence-corrected chi connectivity index (χ0v) is 7.66. The van der Waals surface area contributed by atoms with Crippen molar-refractivity contribution >= 4 is 0 Å². The van der Waals surface area contributed by atoms with E-state index < -0.39 is 0 Å². The molecule has 4 heteroatoms. The molecule has 0 amide bonds. The first-order valence-electron chi connectivity index (χ1n) is 4.45. The molecule has 0 saturated heterocycles. The molecule has 1 N–H and O–H groups in total. The number of hydrogen-bond acceptors (Lipinski definition) is 4. The molecule has 14 heavy (non-hydrogen) atoms. The van der Waals surface area contributed by atoms with Crippen molar-refractivity contribution in [1.29, 1.82) is 0 Å². The highest BCUT2D eigenvalue weighted by molar-refractivity contribution is 5.51. The summed E-state index contributed by atoms with van der Waals surface area (Å²) in [4.78, 5) is 0. The van der Waals surface area contributed by atoms with Gasteiger partial charge in [-0.1, -0.05) is 0 Å². The average Bonchev–Trinajstić information content (AvgIpc) is 2.67. The highest BCUT2D eigenvalue weighted by Crippen LogP contribution is 2.40. The third-order valence-corrected chi connectivity index (χ3v) is 1.85. The molecule has 1 aromatic carbocycles. The molecular formula is C10H11O4. The maximum Gasteiger partial charge on any atom is 0.231 e. The normalized spacial score (nSPS) is 12.9. The van der Waals surface area contributed by atoms with Crippen LogP contribution in [0.1, 0.15) is 6.42 Å². The Bertz CT molecular complexity index is 311. The van der Waals surface area contributed by atoms with E-state index >= 15 is 0 Å². The molecule has 0 spiro atoms. The maximum atomic E-state index is 8.59. The Hall–Kier alpha value is -1.42. The van der Waals surface area contributed by atoms with E-state index in [0.717, 1.165) is 0 Å². The van der Waals surface area contributed by atoms with E-state index in [2.05, 4.69) is 6.07 Å². The second-order valence-electron chi connectivity index (χ2n) is 2.85. The molecule has 0 bridgehead atoms. The fourth-order valence-electron chi connectivity index (χ4n) is 1.20. The Balaban J connectivity index is 2.06. The molecule has 0 unspecified atom stereocenters. The van der Waals surface area contributed by atoms with Crippen LogP contribution in [0.5, 0.6) is 17.2 Å². The first-order valence-corrected chi connectivity index (χ1v) is 4.45. The summed E-state index contributed by atoms with van der Waals surface area (Å²) >= 11 is 0. The molecule has 1 radical (unpaired) electrons. The van der Waals surface area contributed by atoms with Crippen LogP contribution in [0.15, 0.2) is 12.1 Å². The van der Waals surface area contributed by atoms with Crippen molar-refractivity contribution < 1.29 is 19.3 Å². The van der Waals surface area contributed by atoms with Gasteiger partial charge in [0.1, 0.15) is 0 Å². The van der Waals surface area contributed by atoms with Crippen LogP contribution in [0.2, 0.25) is 0 Å². The summed E-state index contributed by atoms with van der Waals surface area (Å²) in [5, 5.41) is 8.59. The van der Waals surface area contributed by atoms with Crippen LogP contribution >= 0.6 is 0 Å². The van der Waals surface area contributed by atoms with Gasteiger partial charge in [-0.2, -0.15) is 0 Å². The lowest BCUT2D eigenvalue weighted by Gasteiger charge is -2.06. The number of ether oxygens (including phenoxy) is 3. The van der Waals surface area contributed by atoms with Crippen molar-refractivity contribution in [3.8, 4) is 17.2 Å². The number of aliphatic hydroxyl groups excluding tert-OH is 1. The number of rotatable bonds is 4. The zero-order chi connectivity index (χ0) is 9.80. The van der Waals surface area contributed by atoms with E-state index in [0.29, 0.717) is 30.3 Å². The van der Waals surface area contributed by atoms with Gasteiger partial charge in [0.2, 0.25) is 12.5 Å². The first-order chi connectivity index (χ1) is 6.92. The summed E-state index contributed by atoms with van der Waals surface area (Å²) in [7, 11) is 0. The minimum absolute atomic E-state index is 0.121. The monoisotopic (exact) mass is 195 g/mol. The van der Waals surface area contributed by atoms with Gasteiger partial charge in [0.25, 0.3) is 0 Å². The summed E-state index contributed by atoms with van der Waals surface area (Å²) in [6, 6.07) is 6.30. The summed E-state index contributed by atoms with van der Waals surface area (Å²) < 4.78 is 15.8. The highest BCUT2D eigenvalue weighted by atomic mass is 16.7. The van der Waals surface area contributed by atoms with Gasteiger partial charge in [-0.05, 0) is 18.2 Å². The topological polar surface area (TPSA) is 47.9 Å². The molecule has 4 nitrogen and oxygen atoms in total. The lowest BCUT2D eigenvalue weighted by Crippen LogP contribution is -2.00. The van der Waals surface area contributed by atoms with Gasteiger partial charge in [-0.25, -0.2) is 0 Å². The number of fused-ring (bicyclic) bond motifs is 1. The van der Waals surface area contributed by atoms with Gasteiger partial charge in [-0.15, -0.1) is 0 Å². The quantitative estimate of drug-likeness (QED) is 0.727. The third-order valence-electron chi connectivity index (χ3n) is 1.85. The van der Waals surface area contributed by atoms with Crippen LogP contribution in [0.3, 0.4) is 0 Å². The maximum absolute atomic E-state index is 8.59.